The first kappa shape index (κ1) is 19.8. The molecule has 0 saturated carbocycles. The van der Waals surface area contributed by atoms with Crippen LogP contribution < -0.4 is 19.7 Å². The summed E-state index contributed by atoms with van der Waals surface area (Å²) in [7, 11) is 0. The highest BCUT2D eigenvalue weighted by molar-refractivity contribution is 5.74. The van der Waals surface area contributed by atoms with Crippen molar-refractivity contribution in [2.45, 2.75) is 6.92 Å². The van der Waals surface area contributed by atoms with Gasteiger partial charge >= 0.3 is 6.03 Å². The molecule has 7 heteroatoms. The Balaban J connectivity index is 1.36. The van der Waals surface area contributed by atoms with Crippen molar-refractivity contribution < 1.29 is 18.7 Å². The fraction of sp³-hybridized carbons (Fsp3) is 0.381. The molecule has 1 saturated heterocycles. The van der Waals surface area contributed by atoms with Crippen molar-refractivity contribution in [3.63, 3.8) is 0 Å². The maximum atomic E-state index is 13.9. The standard InChI is InChI=1S/C21H26FN3O3/c1-2-27-17-7-9-18(10-8-17)28-16-11-23-21(26)25-14-12-24(13-15-25)20-6-4-3-5-19(20)22/h3-10H,2,11-16H2,1H3,(H,23,26). The Hall–Kier alpha value is -2.96. The van der Waals surface area contributed by atoms with Crippen molar-refractivity contribution in [1.29, 1.82) is 0 Å². The Kier molecular flexibility index (Phi) is 6.94. The lowest BCUT2D eigenvalue weighted by molar-refractivity contribution is 0.191. The van der Waals surface area contributed by atoms with E-state index >= 15 is 0 Å². The minimum Gasteiger partial charge on any atom is -0.494 e. The van der Waals surface area contributed by atoms with Crippen LogP contribution in [0.5, 0.6) is 11.5 Å². The topological polar surface area (TPSA) is 54.0 Å². The minimum atomic E-state index is -0.230. The van der Waals surface area contributed by atoms with Gasteiger partial charge in [0.05, 0.1) is 18.8 Å². The molecule has 1 heterocycles. The van der Waals surface area contributed by atoms with Crippen LogP contribution in [0.15, 0.2) is 48.5 Å². The van der Waals surface area contributed by atoms with Crippen molar-refractivity contribution in [1.82, 2.24) is 10.2 Å². The van der Waals surface area contributed by atoms with Crippen LogP contribution in [0.4, 0.5) is 14.9 Å². The predicted octanol–water partition coefficient (Wildman–Crippen LogP) is 3.14. The monoisotopic (exact) mass is 387 g/mol. The van der Waals surface area contributed by atoms with E-state index in [1.54, 1.807) is 17.0 Å². The number of nitrogens with one attached hydrogen (secondary N) is 1. The number of benzene rings is 2. The molecule has 1 fully saturated rings. The number of hydrogen-bond acceptors (Lipinski definition) is 4. The molecular formula is C21H26FN3O3. The van der Waals surface area contributed by atoms with Crippen LogP contribution in [0, 0.1) is 5.82 Å². The summed E-state index contributed by atoms with van der Waals surface area (Å²) in [6.07, 6.45) is 0. The number of carbonyl (C=O) groups is 1. The summed E-state index contributed by atoms with van der Waals surface area (Å²) in [6, 6.07) is 14.0. The van der Waals surface area contributed by atoms with E-state index < -0.39 is 0 Å². The molecule has 2 amide bonds. The molecule has 0 bridgehead atoms. The maximum absolute atomic E-state index is 13.9. The molecule has 2 aromatic carbocycles. The Labute approximate surface area is 164 Å². The number of rotatable bonds is 7. The van der Waals surface area contributed by atoms with Crippen LogP contribution >= 0.6 is 0 Å². The van der Waals surface area contributed by atoms with Crippen LogP contribution in [0.1, 0.15) is 6.92 Å². The predicted molar refractivity (Wildman–Crippen MR) is 107 cm³/mol. The summed E-state index contributed by atoms with van der Waals surface area (Å²) in [6.45, 7) is 5.69. The van der Waals surface area contributed by atoms with Gasteiger partial charge in [-0.2, -0.15) is 0 Å². The zero-order valence-corrected chi connectivity index (χ0v) is 16.1. The second-order valence-electron chi connectivity index (χ2n) is 6.41. The maximum Gasteiger partial charge on any atom is 0.317 e. The van der Waals surface area contributed by atoms with Gasteiger partial charge < -0.3 is 24.6 Å². The SMILES string of the molecule is CCOc1ccc(OCCNC(=O)N2CCN(c3ccccc3F)CC2)cc1. The number of hydrogen-bond donors (Lipinski definition) is 1. The van der Waals surface area contributed by atoms with Crippen LogP contribution in [-0.2, 0) is 0 Å². The molecule has 1 aliphatic heterocycles. The molecule has 28 heavy (non-hydrogen) atoms. The first-order valence-corrected chi connectivity index (χ1v) is 9.55. The fourth-order valence-corrected chi connectivity index (χ4v) is 3.10. The fourth-order valence-electron chi connectivity index (χ4n) is 3.10. The van der Waals surface area contributed by atoms with Crippen LogP contribution in [0.25, 0.3) is 0 Å². The first-order chi connectivity index (χ1) is 13.7. The molecule has 1 N–H and O–H groups in total. The van der Waals surface area contributed by atoms with E-state index in [4.69, 9.17) is 9.47 Å². The second kappa shape index (κ2) is 9.82. The Morgan fingerprint density at radius 3 is 2.29 bits per heavy atom. The van der Waals surface area contributed by atoms with Crippen LogP contribution in [0.2, 0.25) is 0 Å². The summed E-state index contributed by atoms with van der Waals surface area (Å²) in [5.74, 6) is 1.31. The third kappa shape index (κ3) is 5.28. The highest BCUT2D eigenvalue weighted by Crippen LogP contribution is 2.20. The second-order valence-corrected chi connectivity index (χ2v) is 6.41. The average molecular weight is 387 g/mol. The van der Waals surface area contributed by atoms with E-state index in [1.807, 2.05) is 42.2 Å². The van der Waals surface area contributed by atoms with Gasteiger partial charge in [-0.15, -0.1) is 0 Å². The van der Waals surface area contributed by atoms with E-state index in [0.717, 1.165) is 11.5 Å². The molecule has 3 rings (SSSR count). The molecule has 1 aliphatic rings. The zero-order valence-electron chi connectivity index (χ0n) is 16.1. The van der Waals surface area contributed by atoms with E-state index in [0.29, 0.717) is 51.6 Å². The number of urea groups is 1. The number of nitrogens with zero attached hydrogens (tertiary/aromatic N) is 2. The van der Waals surface area contributed by atoms with E-state index in [9.17, 15) is 9.18 Å². The highest BCUT2D eigenvalue weighted by atomic mass is 19.1. The van der Waals surface area contributed by atoms with Crippen LogP contribution in [-0.4, -0.2) is 56.9 Å². The van der Waals surface area contributed by atoms with Crippen molar-refractivity contribution >= 4 is 11.7 Å². The Bertz CT molecular complexity index is 762. The third-order valence-corrected chi connectivity index (χ3v) is 4.54. The molecule has 2 aromatic rings. The van der Waals surface area contributed by atoms with Gasteiger partial charge in [-0.25, -0.2) is 9.18 Å². The van der Waals surface area contributed by atoms with E-state index in [-0.39, 0.29) is 11.8 Å². The lowest BCUT2D eigenvalue weighted by Gasteiger charge is -2.36. The Morgan fingerprint density at radius 1 is 1.00 bits per heavy atom. The van der Waals surface area contributed by atoms with Gasteiger partial charge in [0.1, 0.15) is 23.9 Å². The summed E-state index contributed by atoms with van der Waals surface area (Å²) >= 11 is 0. The van der Waals surface area contributed by atoms with Crippen molar-refractivity contribution in [2.75, 3.05) is 50.8 Å². The highest BCUT2D eigenvalue weighted by Gasteiger charge is 2.22. The molecule has 0 atom stereocenters. The minimum absolute atomic E-state index is 0.122. The lowest BCUT2D eigenvalue weighted by Crippen LogP contribution is -2.52. The number of carbonyl (C=O) groups excluding carboxylic acids is 1. The van der Waals surface area contributed by atoms with Gasteiger partial charge in [-0.1, -0.05) is 12.1 Å². The van der Waals surface area contributed by atoms with Gasteiger partial charge in [0.25, 0.3) is 0 Å². The number of para-hydroxylation sites is 1. The lowest BCUT2D eigenvalue weighted by atomic mass is 10.2. The summed E-state index contributed by atoms with van der Waals surface area (Å²) in [5, 5.41) is 2.87. The number of ether oxygens (including phenoxy) is 2. The normalized spacial score (nSPS) is 13.9. The zero-order chi connectivity index (χ0) is 19.8. The van der Waals surface area contributed by atoms with Crippen molar-refractivity contribution in [3.8, 4) is 11.5 Å². The van der Waals surface area contributed by atoms with Crippen molar-refractivity contribution in [3.05, 3.63) is 54.3 Å². The molecule has 0 radical (unpaired) electrons. The molecule has 0 unspecified atom stereocenters. The first-order valence-electron chi connectivity index (χ1n) is 9.55. The van der Waals surface area contributed by atoms with Gasteiger partial charge in [0.2, 0.25) is 0 Å². The number of anilines is 1. The molecule has 150 valence electrons. The summed E-state index contributed by atoms with van der Waals surface area (Å²) in [4.78, 5) is 16.0. The smallest absolute Gasteiger partial charge is 0.317 e. The van der Waals surface area contributed by atoms with Crippen LogP contribution in [0.3, 0.4) is 0 Å². The molecular weight excluding hydrogens is 361 g/mol. The third-order valence-electron chi connectivity index (χ3n) is 4.54. The summed E-state index contributed by atoms with van der Waals surface area (Å²) < 4.78 is 24.9. The van der Waals surface area contributed by atoms with Gasteiger partial charge in [-0.05, 0) is 43.3 Å². The van der Waals surface area contributed by atoms with E-state index in [2.05, 4.69) is 5.32 Å². The van der Waals surface area contributed by atoms with Gasteiger partial charge in [-0.3, -0.25) is 0 Å². The number of piperazine rings is 1. The Morgan fingerprint density at radius 2 is 1.64 bits per heavy atom. The van der Waals surface area contributed by atoms with Crippen molar-refractivity contribution in [2.24, 2.45) is 0 Å². The molecule has 6 nitrogen and oxygen atoms in total. The largest absolute Gasteiger partial charge is 0.494 e. The van der Waals surface area contributed by atoms with E-state index in [1.165, 1.54) is 6.07 Å². The van der Waals surface area contributed by atoms with Gasteiger partial charge in [0.15, 0.2) is 0 Å². The molecule has 0 spiro atoms. The average Bonchev–Trinajstić information content (AvgIpc) is 2.73. The van der Waals surface area contributed by atoms with Gasteiger partial charge in [0, 0.05) is 26.2 Å². The molecule has 0 aromatic heterocycles. The summed E-state index contributed by atoms with van der Waals surface area (Å²) in [5.41, 5.74) is 0.589. The molecule has 0 aliphatic carbocycles. The number of amides is 2. The number of halogens is 1. The quantitative estimate of drug-likeness (QED) is 0.742.